The molecular formula is C22H29N5O9. The molecule has 5 atom stereocenters. The van der Waals surface area contributed by atoms with Gasteiger partial charge in [0.15, 0.2) is 6.61 Å². The van der Waals surface area contributed by atoms with Gasteiger partial charge in [-0.15, -0.1) is 0 Å². The van der Waals surface area contributed by atoms with Crippen LogP contribution in [0.3, 0.4) is 0 Å². The van der Waals surface area contributed by atoms with Crippen molar-refractivity contribution >= 4 is 35.5 Å². The molecule has 1 aromatic rings. The summed E-state index contributed by atoms with van der Waals surface area (Å²) in [6.07, 6.45) is -2.30. The maximum absolute atomic E-state index is 13.0. The van der Waals surface area contributed by atoms with Gasteiger partial charge in [-0.05, 0) is 19.4 Å². The Morgan fingerprint density at radius 3 is 2.17 bits per heavy atom. The fraction of sp³-hybridized carbons (Fsp3) is 0.455. The summed E-state index contributed by atoms with van der Waals surface area (Å²) in [5, 5.41) is 28.4. The predicted molar refractivity (Wildman–Crippen MR) is 122 cm³/mol. The van der Waals surface area contributed by atoms with Crippen LogP contribution in [-0.4, -0.2) is 82.6 Å². The van der Waals surface area contributed by atoms with E-state index in [-0.39, 0.29) is 6.42 Å². The Labute approximate surface area is 206 Å². The molecule has 0 spiro atoms. The number of carbonyl (C=O) groups is 6. The summed E-state index contributed by atoms with van der Waals surface area (Å²) in [5.41, 5.74) is 2.65. The minimum atomic E-state index is -1.65. The standard InChI is InChI=1S/C22H29N5O9/c1-11-19(32)27-36-10-16(29)26-18(12(2)28)22(35)25-15(9-17(30)31)21(34)24-14(20(33)23-11)8-13-6-4-3-5-7-13/h3-7,11-12,14-15,18,28H,8-10H2,1-2H3,(H,23,33)(H,24,34)(H,25,35)(H,26,29)(H,27,32)(H,30,31)/t11-,12+,14-,15-,18-/m0/s1. The number of hydrogen-bond acceptors (Lipinski definition) is 8. The Morgan fingerprint density at radius 2 is 1.56 bits per heavy atom. The van der Waals surface area contributed by atoms with Crippen LogP contribution in [0.5, 0.6) is 0 Å². The molecule has 196 valence electrons. The van der Waals surface area contributed by atoms with Crippen molar-refractivity contribution in [1.82, 2.24) is 26.7 Å². The first-order valence-electron chi connectivity index (χ1n) is 11.0. The van der Waals surface area contributed by atoms with Gasteiger partial charge in [-0.1, -0.05) is 30.3 Å². The van der Waals surface area contributed by atoms with Crippen molar-refractivity contribution in [2.24, 2.45) is 0 Å². The Morgan fingerprint density at radius 1 is 0.944 bits per heavy atom. The lowest BCUT2D eigenvalue weighted by molar-refractivity contribution is -0.145. The van der Waals surface area contributed by atoms with Crippen molar-refractivity contribution in [2.75, 3.05) is 6.61 Å². The number of carboxylic acids is 1. The first-order chi connectivity index (χ1) is 17.0. The van der Waals surface area contributed by atoms with Crippen LogP contribution in [0.2, 0.25) is 0 Å². The van der Waals surface area contributed by atoms with E-state index in [4.69, 9.17) is 4.84 Å². The van der Waals surface area contributed by atoms with Gasteiger partial charge >= 0.3 is 5.97 Å². The number of aliphatic hydroxyl groups is 1. The van der Waals surface area contributed by atoms with Gasteiger partial charge in [0.1, 0.15) is 24.2 Å². The zero-order valence-electron chi connectivity index (χ0n) is 19.6. The van der Waals surface area contributed by atoms with Crippen LogP contribution in [0.25, 0.3) is 0 Å². The number of carboxylic acid groups (broad SMARTS) is 1. The SMILES string of the molecule is C[C@@H]1NC(=O)[C@H](Cc2ccccc2)NC(=O)[C@H](CC(=O)O)NC(=O)[C@H]([C@@H](C)O)NC(=O)CONC1=O. The summed E-state index contributed by atoms with van der Waals surface area (Å²) in [6, 6.07) is 2.99. The zero-order valence-corrected chi connectivity index (χ0v) is 19.6. The lowest BCUT2D eigenvalue weighted by Crippen LogP contribution is -2.60. The van der Waals surface area contributed by atoms with E-state index in [1.165, 1.54) is 13.8 Å². The van der Waals surface area contributed by atoms with Crippen LogP contribution >= 0.6 is 0 Å². The van der Waals surface area contributed by atoms with Crippen LogP contribution < -0.4 is 26.7 Å². The molecule has 14 heteroatoms. The number of hydrogen-bond donors (Lipinski definition) is 7. The second-order valence-electron chi connectivity index (χ2n) is 8.18. The van der Waals surface area contributed by atoms with Crippen molar-refractivity contribution in [2.45, 2.75) is 57.0 Å². The van der Waals surface area contributed by atoms with Gasteiger partial charge in [0.25, 0.3) is 5.91 Å². The summed E-state index contributed by atoms with van der Waals surface area (Å²) in [7, 11) is 0. The maximum Gasteiger partial charge on any atom is 0.305 e. The number of amides is 5. The fourth-order valence-electron chi connectivity index (χ4n) is 3.24. The smallest absolute Gasteiger partial charge is 0.305 e. The number of aliphatic carboxylic acids is 1. The molecule has 1 saturated heterocycles. The second-order valence-corrected chi connectivity index (χ2v) is 8.18. The third-order valence-electron chi connectivity index (χ3n) is 5.14. The summed E-state index contributed by atoms with van der Waals surface area (Å²) in [5.74, 6) is -5.94. The largest absolute Gasteiger partial charge is 0.481 e. The lowest BCUT2D eigenvalue weighted by Gasteiger charge is -2.26. The highest BCUT2D eigenvalue weighted by molar-refractivity contribution is 5.97. The Hall–Kier alpha value is -4.04. The summed E-state index contributed by atoms with van der Waals surface area (Å²) < 4.78 is 0. The highest BCUT2D eigenvalue weighted by Gasteiger charge is 2.33. The van der Waals surface area contributed by atoms with E-state index in [0.717, 1.165) is 0 Å². The molecule has 5 amide bonds. The first-order valence-corrected chi connectivity index (χ1v) is 11.0. The molecule has 7 N–H and O–H groups in total. The van der Waals surface area contributed by atoms with Gasteiger partial charge in [-0.2, -0.15) is 0 Å². The van der Waals surface area contributed by atoms with E-state index < -0.39 is 78.8 Å². The minimum absolute atomic E-state index is 0.0106. The monoisotopic (exact) mass is 507 g/mol. The van der Waals surface area contributed by atoms with Crippen LogP contribution in [-0.2, 0) is 40.0 Å². The van der Waals surface area contributed by atoms with Crippen molar-refractivity contribution in [3.05, 3.63) is 35.9 Å². The van der Waals surface area contributed by atoms with Crippen LogP contribution in [0.15, 0.2) is 30.3 Å². The van der Waals surface area contributed by atoms with Crippen molar-refractivity contribution in [3.8, 4) is 0 Å². The normalized spacial score (nSPS) is 25.5. The van der Waals surface area contributed by atoms with Crippen LogP contribution in [0.4, 0.5) is 0 Å². The van der Waals surface area contributed by atoms with Crippen LogP contribution in [0, 0.1) is 0 Å². The van der Waals surface area contributed by atoms with E-state index in [1.54, 1.807) is 30.3 Å². The Bertz CT molecular complexity index is 985. The molecule has 2 rings (SSSR count). The predicted octanol–water partition coefficient (Wildman–Crippen LogP) is -2.89. The molecule has 0 unspecified atom stereocenters. The molecule has 1 aromatic carbocycles. The van der Waals surface area contributed by atoms with Gasteiger partial charge in [0.05, 0.1) is 12.5 Å². The molecule has 1 fully saturated rings. The summed E-state index contributed by atoms with van der Waals surface area (Å²) in [4.78, 5) is 79.2. The zero-order chi connectivity index (χ0) is 26.8. The van der Waals surface area contributed by atoms with Gasteiger partial charge in [0, 0.05) is 6.42 Å². The summed E-state index contributed by atoms with van der Waals surface area (Å²) >= 11 is 0. The third-order valence-corrected chi connectivity index (χ3v) is 5.14. The minimum Gasteiger partial charge on any atom is -0.481 e. The molecule has 1 aliphatic heterocycles. The molecule has 14 nitrogen and oxygen atoms in total. The average Bonchev–Trinajstić information content (AvgIpc) is 2.80. The van der Waals surface area contributed by atoms with Gasteiger partial charge < -0.3 is 31.5 Å². The van der Waals surface area contributed by atoms with E-state index >= 15 is 0 Å². The molecule has 0 aliphatic carbocycles. The quantitative estimate of drug-likeness (QED) is 0.217. The number of nitrogens with one attached hydrogen (secondary N) is 5. The Balaban J connectivity index is 2.39. The Kier molecular flexibility index (Phi) is 10.3. The number of aliphatic hydroxyl groups excluding tert-OH is 1. The van der Waals surface area contributed by atoms with Gasteiger partial charge in [-0.25, -0.2) is 5.48 Å². The summed E-state index contributed by atoms with van der Waals surface area (Å²) in [6.45, 7) is 1.80. The van der Waals surface area contributed by atoms with Gasteiger partial charge in [0.2, 0.25) is 23.6 Å². The third kappa shape index (κ3) is 8.63. The second kappa shape index (κ2) is 13.2. The van der Waals surface area contributed by atoms with E-state index in [1.807, 2.05) is 5.48 Å². The van der Waals surface area contributed by atoms with E-state index in [9.17, 15) is 39.0 Å². The van der Waals surface area contributed by atoms with E-state index in [0.29, 0.717) is 5.56 Å². The highest BCUT2D eigenvalue weighted by Crippen LogP contribution is 2.06. The highest BCUT2D eigenvalue weighted by atomic mass is 16.7. The molecule has 1 heterocycles. The number of carbonyl (C=O) groups excluding carboxylic acids is 5. The van der Waals surface area contributed by atoms with Crippen molar-refractivity contribution < 1.29 is 43.8 Å². The number of benzene rings is 1. The first kappa shape index (κ1) is 28.2. The molecule has 36 heavy (non-hydrogen) atoms. The van der Waals surface area contributed by atoms with E-state index in [2.05, 4.69) is 21.3 Å². The van der Waals surface area contributed by atoms with Crippen molar-refractivity contribution in [3.63, 3.8) is 0 Å². The van der Waals surface area contributed by atoms with Gasteiger partial charge in [-0.3, -0.25) is 33.6 Å². The van der Waals surface area contributed by atoms with Crippen molar-refractivity contribution in [1.29, 1.82) is 0 Å². The molecule has 1 aliphatic rings. The van der Waals surface area contributed by atoms with Crippen LogP contribution in [0.1, 0.15) is 25.8 Å². The average molecular weight is 508 g/mol. The molecule has 0 radical (unpaired) electrons. The topological polar surface area (TPSA) is 212 Å². The molecule has 0 bridgehead atoms. The number of rotatable bonds is 5. The maximum atomic E-state index is 13.0. The number of hydroxylamine groups is 1. The molecule has 0 saturated carbocycles. The fourth-order valence-corrected chi connectivity index (χ4v) is 3.24. The molecule has 0 aromatic heterocycles. The lowest BCUT2D eigenvalue weighted by atomic mass is 10.0. The molecular weight excluding hydrogens is 478 g/mol.